The lowest BCUT2D eigenvalue weighted by atomic mass is 10.1. The topological polar surface area (TPSA) is 63.2 Å². The maximum absolute atomic E-state index is 11.9. The van der Waals surface area contributed by atoms with Gasteiger partial charge in [0, 0.05) is 0 Å². The molecular formula is C19H31O6P. The van der Waals surface area contributed by atoms with Crippen LogP contribution in [0.25, 0.3) is 0 Å². The number of ether oxygens (including phenoxy) is 2. The first-order chi connectivity index (χ1) is 12.7. The summed E-state index contributed by atoms with van der Waals surface area (Å²) in [5.74, 6) is 1.59. The van der Waals surface area contributed by atoms with Gasteiger partial charge in [0.05, 0.1) is 33.0 Å². The molecule has 0 saturated carbocycles. The Kier molecular flexibility index (Phi) is 9.48. The highest BCUT2D eigenvalue weighted by Gasteiger charge is 2.31. The van der Waals surface area contributed by atoms with E-state index in [-0.39, 0.29) is 0 Å². The van der Waals surface area contributed by atoms with E-state index < -0.39 is 7.82 Å². The zero-order valence-electron chi connectivity index (χ0n) is 15.9. The van der Waals surface area contributed by atoms with Gasteiger partial charge in [0.2, 0.25) is 0 Å². The SMILES string of the molecule is CCCCOc1ccc(CCCOP2(=O)OCCO2)cc1OCCCC. The number of phosphoric ester groups is 1. The van der Waals surface area contributed by atoms with E-state index in [9.17, 15) is 4.57 Å². The van der Waals surface area contributed by atoms with Crippen molar-refractivity contribution in [3.8, 4) is 11.5 Å². The molecule has 6 nitrogen and oxygen atoms in total. The molecule has 0 bridgehead atoms. The maximum Gasteiger partial charge on any atom is 0.474 e. The van der Waals surface area contributed by atoms with E-state index in [0.717, 1.165) is 55.6 Å². The highest BCUT2D eigenvalue weighted by atomic mass is 31.2. The average Bonchev–Trinajstić information content (AvgIpc) is 3.07. The molecule has 0 unspecified atom stereocenters. The summed E-state index contributed by atoms with van der Waals surface area (Å²) in [6, 6.07) is 6.04. The standard InChI is InChI=1S/C19H31O6P/c1-3-5-11-21-18-10-9-17(16-19(18)22-12-6-4-2)8-7-13-23-26(20)24-14-15-25-26/h9-10,16H,3-8,11-15H2,1-2H3. The molecule has 0 aromatic heterocycles. The van der Waals surface area contributed by atoms with Crippen LogP contribution in [0, 0.1) is 0 Å². The van der Waals surface area contributed by atoms with Crippen LogP contribution in [0.1, 0.15) is 51.5 Å². The summed E-state index contributed by atoms with van der Waals surface area (Å²) in [7, 11) is -3.29. The largest absolute Gasteiger partial charge is 0.490 e. The van der Waals surface area contributed by atoms with Gasteiger partial charge >= 0.3 is 7.82 Å². The first kappa shape index (κ1) is 21.2. The molecule has 1 aliphatic rings. The maximum atomic E-state index is 11.9. The first-order valence-electron chi connectivity index (χ1n) is 9.59. The van der Waals surface area contributed by atoms with Gasteiger partial charge in [-0.15, -0.1) is 0 Å². The summed E-state index contributed by atoms with van der Waals surface area (Å²) in [5, 5.41) is 0. The lowest BCUT2D eigenvalue weighted by molar-refractivity contribution is 0.189. The Hall–Kier alpha value is -1.07. The predicted octanol–water partition coefficient (Wildman–Crippen LogP) is 5.15. The molecule has 1 heterocycles. The second-order valence-electron chi connectivity index (χ2n) is 6.24. The smallest absolute Gasteiger partial charge is 0.474 e. The molecule has 1 aliphatic heterocycles. The molecule has 7 heteroatoms. The molecule has 148 valence electrons. The van der Waals surface area contributed by atoms with Crippen LogP contribution < -0.4 is 9.47 Å². The van der Waals surface area contributed by atoms with E-state index in [1.807, 2.05) is 18.2 Å². The Balaban J connectivity index is 1.86. The molecule has 0 spiro atoms. The number of hydrogen-bond acceptors (Lipinski definition) is 6. The number of aryl methyl sites for hydroxylation is 1. The molecule has 26 heavy (non-hydrogen) atoms. The predicted molar refractivity (Wildman–Crippen MR) is 101 cm³/mol. The van der Waals surface area contributed by atoms with Crippen LogP contribution >= 0.6 is 7.82 Å². The van der Waals surface area contributed by atoms with Crippen LogP contribution in [0.4, 0.5) is 0 Å². The van der Waals surface area contributed by atoms with E-state index in [1.165, 1.54) is 0 Å². The summed E-state index contributed by atoms with van der Waals surface area (Å²) in [4.78, 5) is 0. The van der Waals surface area contributed by atoms with E-state index in [2.05, 4.69) is 13.8 Å². The Bertz CT molecular complexity index is 567. The minimum Gasteiger partial charge on any atom is -0.490 e. The Morgan fingerprint density at radius 1 is 0.923 bits per heavy atom. The number of hydrogen-bond donors (Lipinski definition) is 0. The molecule has 1 aromatic carbocycles. The van der Waals surface area contributed by atoms with E-state index >= 15 is 0 Å². The third-order valence-corrected chi connectivity index (χ3v) is 5.46. The van der Waals surface area contributed by atoms with E-state index in [4.69, 9.17) is 23.0 Å². The van der Waals surface area contributed by atoms with Crippen LogP contribution in [0.5, 0.6) is 11.5 Å². The molecule has 0 aliphatic carbocycles. The van der Waals surface area contributed by atoms with Crippen molar-refractivity contribution in [3.05, 3.63) is 23.8 Å². The fraction of sp³-hybridized carbons (Fsp3) is 0.684. The fourth-order valence-electron chi connectivity index (χ4n) is 2.46. The summed E-state index contributed by atoms with van der Waals surface area (Å²) in [5.41, 5.74) is 1.13. The summed E-state index contributed by atoms with van der Waals surface area (Å²) in [6.07, 6.45) is 5.74. The van der Waals surface area contributed by atoms with Crippen molar-refractivity contribution in [2.24, 2.45) is 0 Å². The highest BCUT2D eigenvalue weighted by molar-refractivity contribution is 7.48. The number of rotatable bonds is 13. The number of benzene rings is 1. The van der Waals surface area contributed by atoms with E-state index in [1.54, 1.807) is 0 Å². The van der Waals surface area contributed by atoms with Gasteiger partial charge < -0.3 is 9.47 Å². The average molecular weight is 386 g/mol. The zero-order chi connectivity index (χ0) is 18.7. The van der Waals surface area contributed by atoms with Crippen LogP contribution in [-0.4, -0.2) is 33.0 Å². The van der Waals surface area contributed by atoms with Crippen LogP contribution in [0.3, 0.4) is 0 Å². The lowest BCUT2D eigenvalue weighted by Gasteiger charge is -2.14. The molecule has 1 saturated heterocycles. The second kappa shape index (κ2) is 11.6. The van der Waals surface area contributed by atoms with Crippen molar-refractivity contribution in [2.45, 2.75) is 52.4 Å². The van der Waals surface area contributed by atoms with Gasteiger partial charge in [-0.05, 0) is 43.4 Å². The fourth-order valence-corrected chi connectivity index (χ4v) is 3.63. The van der Waals surface area contributed by atoms with E-state index in [0.29, 0.717) is 33.0 Å². The molecule has 0 radical (unpaired) electrons. The number of unbranched alkanes of at least 4 members (excludes halogenated alkanes) is 2. The first-order valence-corrected chi connectivity index (χ1v) is 11.0. The van der Waals surface area contributed by atoms with Crippen molar-refractivity contribution in [3.63, 3.8) is 0 Å². The van der Waals surface area contributed by atoms with Crippen molar-refractivity contribution in [1.29, 1.82) is 0 Å². The van der Waals surface area contributed by atoms with Gasteiger partial charge in [-0.25, -0.2) is 4.57 Å². The van der Waals surface area contributed by atoms with Crippen molar-refractivity contribution in [2.75, 3.05) is 33.0 Å². The summed E-state index contributed by atoms with van der Waals surface area (Å²) < 4.78 is 38.9. The van der Waals surface area contributed by atoms with Crippen LogP contribution in [-0.2, 0) is 24.6 Å². The number of phosphoric acid groups is 1. The van der Waals surface area contributed by atoms with Crippen molar-refractivity contribution >= 4 is 7.82 Å². The zero-order valence-corrected chi connectivity index (χ0v) is 16.8. The third-order valence-electron chi connectivity index (χ3n) is 3.96. The Morgan fingerprint density at radius 2 is 1.58 bits per heavy atom. The van der Waals surface area contributed by atoms with Gasteiger partial charge in [-0.3, -0.25) is 13.6 Å². The quantitative estimate of drug-likeness (QED) is 0.345. The molecule has 1 fully saturated rings. The molecule has 1 aromatic rings. The van der Waals surface area contributed by atoms with Gasteiger partial charge in [0.15, 0.2) is 11.5 Å². The molecule has 2 rings (SSSR count). The van der Waals surface area contributed by atoms with Gasteiger partial charge in [0.25, 0.3) is 0 Å². The third kappa shape index (κ3) is 7.28. The van der Waals surface area contributed by atoms with Gasteiger partial charge in [0.1, 0.15) is 0 Å². The van der Waals surface area contributed by atoms with Crippen molar-refractivity contribution < 1.29 is 27.6 Å². The second-order valence-corrected chi connectivity index (χ2v) is 7.90. The minimum atomic E-state index is -3.29. The van der Waals surface area contributed by atoms with Crippen LogP contribution in [0.15, 0.2) is 18.2 Å². The Morgan fingerprint density at radius 3 is 2.23 bits per heavy atom. The molecular weight excluding hydrogens is 355 g/mol. The van der Waals surface area contributed by atoms with Gasteiger partial charge in [-0.2, -0.15) is 0 Å². The van der Waals surface area contributed by atoms with Crippen LogP contribution in [0.2, 0.25) is 0 Å². The monoisotopic (exact) mass is 386 g/mol. The molecule has 0 N–H and O–H groups in total. The molecule has 0 atom stereocenters. The normalized spacial score (nSPS) is 15.9. The summed E-state index contributed by atoms with van der Waals surface area (Å²) >= 11 is 0. The minimum absolute atomic E-state index is 0.329. The summed E-state index contributed by atoms with van der Waals surface area (Å²) in [6.45, 7) is 6.65. The lowest BCUT2D eigenvalue weighted by Crippen LogP contribution is -2.03. The van der Waals surface area contributed by atoms with Gasteiger partial charge in [-0.1, -0.05) is 32.8 Å². The highest BCUT2D eigenvalue weighted by Crippen LogP contribution is 2.52. The van der Waals surface area contributed by atoms with Crippen molar-refractivity contribution in [1.82, 2.24) is 0 Å². The Labute approximate surface area is 156 Å². The molecule has 0 amide bonds.